The monoisotopic (exact) mass is 248 g/mol. The number of hydrogen-bond acceptors (Lipinski definition) is 1. The van der Waals surface area contributed by atoms with Crippen molar-refractivity contribution in [2.75, 3.05) is 0 Å². The Morgan fingerprint density at radius 3 is 2.33 bits per heavy atom. The molecule has 4 heteroatoms. The maximum Gasteiger partial charge on any atom is 0.341 e. The largest absolute Gasteiger partial charge is 0.477 e. The van der Waals surface area contributed by atoms with Crippen LogP contribution < -0.4 is 0 Å². The van der Waals surface area contributed by atoms with Crippen LogP contribution in [0.1, 0.15) is 15.9 Å². The summed E-state index contributed by atoms with van der Waals surface area (Å²) < 4.78 is 27.3. The van der Waals surface area contributed by atoms with E-state index >= 15 is 0 Å². The van der Waals surface area contributed by atoms with E-state index in [1.165, 1.54) is 6.07 Å². The molecular weight excluding hydrogens is 238 g/mol. The van der Waals surface area contributed by atoms with E-state index in [0.717, 1.165) is 11.6 Å². The lowest BCUT2D eigenvalue weighted by molar-refractivity contribution is 0.0686. The van der Waals surface area contributed by atoms with Crippen LogP contribution in [-0.4, -0.2) is 11.1 Å². The van der Waals surface area contributed by atoms with Crippen LogP contribution in [0.4, 0.5) is 8.78 Å². The highest BCUT2D eigenvalue weighted by molar-refractivity contribution is 5.90. The lowest BCUT2D eigenvalue weighted by Crippen LogP contribution is -2.06. The van der Waals surface area contributed by atoms with Gasteiger partial charge in [0.2, 0.25) is 0 Å². The maximum absolute atomic E-state index is 14.0. The zero-order chi connectivity index (χ0) is 13.3. The zero-order valence-electron chi connectivity index (χ0n) is 9.58. The van der Waals surface area contributed by atoms with Gasteiger partial charge in [-0.15, -0.1) is 0 Å². The second-order valence-corrected chi connectivity index (χ2v) is 3.90. The number of halogens is 2. The Morgan fingerprint density at radius 1 is 1.06 bits per heavy atom. The summed E-state index contributed by atoms with van der Waals surface area (Å²) in [4.78, 5) is 10.8. The van der Waals surface area contributed by atoms with E-state index < -0.39 is 23.2 Å². The van der Waals surface area contributed by atoms with Crippen molar-refractivity contribution in [1.82, 2.24) is 0 Å². The third-order valence-electron chi connectivity index (χ3n) is 2.74. The first-order chi connectivity index (χ1) is 8.52. The second kappa shape index (κ2) is 4.56. The summed E-state index contributed by atoms with van der Waals surface area (Å²) >= 11 is 0. The van der Waals surface area contributed by atoms with Crippen LogP contribution in [-0.2, 0) is 0 Å². The van der Waals surface area contributed by atoms with Gasteiger partial charge in [-0.25, -0.2) is 13.6 Å². The van der Waals surface area contributed by atoms with E-state index in [0.29, 0.717) is 5.56 Å². The smallest absolute Gasteiger partial charge is 0.341 e. The molecule has 92 valence electrons. The van der Waals surface area contributed by atoms with E-state index in [-0.39, 0.29) is 5.56 Å². The predicted octanol–water partition coefficient (Wildman–Crippen LogP) is 3.64. The van der Waals surface area contributed by atoms with Gasteiger partial charge in [0.25, 0.3) is 0 Å². The molecule has 0 radical (unpaired) electrons. The number of aryl methyl sites for hydroxylation is 1. The minimum Gasteiger partial charge on any atom is -0.477 e. The summed E-state index contributed by atoms with van der Waals surface area (Å²) in [5.41, 5.74) is 0.513. The zero-order valence-corrected chi connectivity index (χ0v) is 9.58. The molecule has 0 heterocycles. The van der Waals surface area contributed by atoms with E-state index in [1.54, 1.807) is 31.2 Å². The first-order valence-corrected chi connectivity index (χ1v) is 5.29. The molecule has 18 heavy (non-hydrogen) atoms. The number of rotatable bonds is 2. The Kier molecular flexibility index (Phi) is 3.10. The Hall–Kier alpha value is -2.23. The summed E-state index contributed by atoms with van der Waals surface area (Å²) in [5.74, 6) is -3.73. The molecule has 0 saturated heterocycles. The van der Waals surface area contributed by atoms with Crippen LogP contribution in [0.3, 0.4) is 0 Å². The van der Waals surface area contributed by atoms with Crippen molar-refractivity contribution in [2.45, 2.75) is 6.92 Å². The van der Waals surface area contributed by atoms with Crippen molar-refractivity contribution < 1.29 is 18.7 Å². The lowest BCUT2D eigenvalue weighted by atomic mass is 9.98. The summed E-state index contributed by atoms with van der Waals surface area (Å²) in [6.45, 7) is 1.78. The van der Waals surface area contributed by atoms with Gasteiger partial charge in [0.1, 0.15) is 17.2 Å². The Morgan fingerprint density at radius 2 is 1.72 bits per heavy atom. The molecule has 0 aliphatic carbocycles. The van der Waals surface area contributed by atoms with Crippen molar-refractivity contribution in [3.63, 3.8) is 0 Å². The minimum atomic E-state index is -1.61. The standard InChI is InChI=1S/C14H10F2O2/c1-8-4-2-3-5-9(8)10-6-7-11(15)12(13(10)16)14(17)18/h2-7H,1H3,(H,17,18). The molecule has 0 amide bonds. The van der Waals surface area contributed by atoms with Gasteiger partial charge in [0.05, 0.1) is 0 Å². The molecule has 0 aliphatic rings. The third kappa shape index (κ3) is 1.97. The second-order valence-electron chi connectivity index (χ2n) is 3.90. The molecule has 0 aromatic heterocycles. The average molecular weight is 248 g/mol. The van der Waals surface area contributed by atoms with Gasteiger partial charge in [0.15, 0.2) is 0 Å². The van der Waals surface area contributed by atoms with Crippen LogP contribution in [0.5, 0.6) is 0 Å². The predicted molar refractivity (Wildman–Crippen MR) is 63.5 cm³/mol. The fraction of sp³-hybridized carbons (Fsp3) is 0.0714. The molecule has 2 nitrogen and oxygen atoms in total. The number of carboxylic acid groups (broad SMARTS) is 1. The summed E-state index contributed by atoms with van der Waals surface area (Å²) in [6.07, 6.45) is 0. The molecule has 0 aliphatic heterocycles. The molecule has 0 saturated carbocycles. The molecule has 0 bridgehead atoms. The topological polar surface area (TPSA) is 37.3 Å². The van der Waals surface area contributed by atoms with Crippen molar-refractivity contribution in [3.05, 3.63) is 59.2 Å². The highest BCUT2D eigenvalue weighted by Crippen LogP contribution is 2.28. The van der Waals surface area contributed by atoms with Gasteiger partial charge >= 0.3 is 5.97 Å². The van der Waals surface area contributed by atoms with Crippen molar-refractivity contribution in [1.29, 1.82) is 0 Å². The molecular formula is C14H10F2O2. The fourth-order valence-electron chi connectivity index (χ4n) is 1.83. The van der Waals surface area contributed by atoms with Crippen LogP contribution in [0, 0.1) is 18.6 Å². The molecule has 2 aromatic carbocycles. The van der Waals surface area contributed by atoms with Crippen molar-refractivity contribution in [2.24, 2.45) is 0 Å². The highest BCUT2D eigenvalue weighted by atomic mass is 19.1. The number of benzene rings is 2. The fourth-order valence-corrected chi connectivity index (χ4v) is 1.83. The highest BCUT2D eigenvalue weighted by Gasteiger charge is 2.20. The Balaban J connectivity index is 2.71. The first-order valence-electron chi connectivity index (χ1n) is 5.29. The molecule has 0 fully saturated rings. The molecule has 2 rings (SSSR count). The number of carbonyl (C=O) groups is 1. The molecule has 2 aromatic rings. The third-order valence-corrected chi connectivity index (χ3v) is 2.74. The summed E-state index contributed by atoms with van der Waals surface area (Å²) in [7, 11) is 0. The lowest BCUT2D eigenvalue weighted by Gasteiger charge is -2.09. The van der Waals surface area contributed by atoms with Crippen molar-refractivity contribution >= 4 is 5.97 Å². The van der Waals surface area contributed by atoms with Crippen molar-refractivity contribution in [3.8, 4) is 11.1 Å². The van der Waals surface area contributed by atoms with Crippen LogP contribution in [0.2, 0.25) is 0 Å². The van der Waals surface area contributed by atoms with Gasteiger partial charge in [-0.3, -0.25) is 0 Å². The maximum atomic E-state index is 14.0. The van der Waals surface area contributed by atoms with Gasteiger partial charge < -0.3 is 5.11 Å². The SMILES string of the molecule is Cc1ccccc1-c1ccc(F)c(C(=O)O)c1F. The molecule has 1 N–H and O–H groups in total. The quantitative estimate of drug-likeness (QED) is 0.880. The first kappa shape index (κ1) is 12.2. The van der Waals surface area contributed by atoms with Gasteiger partial charge in [0, 0.05) is 5.56 Å². The van der Waals surface area contributed by atoms with E-state index in [4.69, 9.17) is 5.11 Å². The van der Waals surface area contributed by atoms with E-state index in [1.807, 2.05) is 0 Å². The van der Waals surface area contributed by atoms with Crippen LogP contribution in [0.15, 0.2) is 36.4 Å². The molecule has 0 spiro atoms. The van der Waals surface area contributed by atoms with Gasteiger partial charge in [-0.1, -0.05) is 24.3 Å². The van der Waals surface area contributed by atoms with E-state index in [2.05, 4.69) is 0 Å². The summed E-state index contributed by atoms with van der Waals surface area (Å²) in [6, 6.07) is 9.16. The van der Waals surface area contributed by atoms with Crippen LogP contribution in [0.25, 0.3) is 11.1 Å². The average Bonchev–Trinajstić information content (AvgIpc) is 2.30. The van der Waals surface area contributed by atoms with Gasteiger partial charge in [-0.2, -0.15) is 0 Å². The number of carboxylic acids is 1. The normalized spacial score (nSPS) is 10.4. The number of hydrogen-bond donors (Lipinski definition) is 1. The van der Waals surface area contributed by atoms with E-state index in [9.17, 15) is 13.6 Å². The van der Waals surface area contributed by atoms with Gasteiger partial charge in [-0.05, 0) is 30.2 Å². The minimum absolute atomic E-state index is 0.0897. The number of aromatic carboxylic acids is 1. The summed E-state index contributed by atoms with van der Waals surface area (Å²) in [5, 5.41) is 8.81. The van der Waals surface area contributed by atoms with Crippen LogP contribution >= 0.6 is 0 Å². The Labute approximate surface area is 103 Å². The Bertz CT molecular complexity index is 621. The molecule has 0 unspecified atom stereocenters. The molecule has 0 atom stereocenters.